The van der Waals surface area contributed by atoms with E-state index in [9.17, 15) is 14.4 Å². The molecule has 0 bridgehead atoms. The van der Waals surface area contributed by atoms with Gasteiger partial charge in [-0.3, -0.25) is 9.59 Å². The van der Waals surface area contributed by atoms with Crippen LogP contribution >= 0.6 is 0 Å². The van der Waals surface area contributed by atoms with Gasteiger partial charge in [-0.1, -0.05) is 0 Å². The summed E-state index contributed by atoms with van der Waals surface area (Å²) >= 11 is 0. The molecule has 0 atom stereocenters. The Balaban J connectivity index is 1.57. The van der Waals surface area contributed by atoms with Crippen molar-refractivity contribution in [3.8, 4) is 5.75 Å². The van der Waals surface area contributed by atoms with Crippen molar-refractivity contribution in [2.75, 3.05) is 37.9 Å². The van der Waals surface area contributed by atoms with E-state index in [1.165, 1.54) is 4.90 Å². The standard InChI is InChI=1S/C25H26N4O5/c1-4-33-20-13-11-19(12-14-20)28-23-21(6-5-15-26-23)25(32)34-16-22(30)27-18-9-7-17(8-10-18)24(31)29(2)3/h5-15H,4,16H2,1-3H3,(H,26,28)(H,27,30). The number of nitrogens with one attached hydrogen (secondary N) is 2. The van der Waals surface area contributed by atoms with Crippen LogP contribution in [0.3, 0.4) is 0 Å². The smallest absolute Gasteiger partial charge is 0.342 e. The highest BCUT2D eigenvalue weighted by molar-refractivity contribution is 5.99. The van der Waals surface area contributed by atoms with Gasteiger partial charge < -0.3 is 25.0 Å². The maximum atomic E-state index is 12.6. The topological polar surface area (TPSA) is 110 Å². The van der Waals surface area contributed by atoms with Gasteiger partial charge >= 0.3 is 5.97 Å². The van der Waals surface area contributed by atoms with Crippen LogP contribution in [-0.4, -0.2) is 55.0 Å². The molecule has 34 heavy (non-hydrogen) atoms. The lowest BCUT2D eigenvalue weighted by molar-refractivity contribution is -0.119. The number of pyridine rings is 1. The third-order valence-corrected chi connectivity index (χ3v) is 4.61. The monoisotopic (exact) mass is 462 g/mol. The summed E-state index contributed by atoms with van der Waals surface area (Å²) < 4.78 is 10.6. The normalized spacial score (nSPS) is 10.2. The van der Waals surface area contributed by atoms with Crippen LogP contribution < -0.4 is 15.4 Å². The highest BCUT2D eigenvalue weighted by atomic mass is 16.5. The van der Waals surface area contributed by atoms with Gasteiger partial charge in [-0.05, 0) is 67.6 Å². The van der Waals surface area contributed by atoms with Crippen molar-refractivity contribution < 1.29 is 23.9 Å². The number of anilines is 3. The molecule has 9 nitrogen and oxygen atoms in total. The summed E-state index contributed by atoms with van der Waals surface area (Å²) in [5.41, 5.74) is 1.88. The Kier molecular flexibility index (Phi) is 8.17. The van der Waals surface area contributed by atoms with Crippen LogP contribution in [0.15, 0.2) is 66.9 Å². The minimum atomic E-state index is -0.691. The molecule has 176 valence electrons. The summed E-state index contributed by atoms with van der Waals surface area (Å²) in [4.78, 5) is 42.4. The van der Waals surface area contributed by atoms with Gasteiger partial charge in [0.25, 0.3) is 11.8 Å². The number of hydrogen-bond acceptors (Lipinski definition) is 7. The van der Waals surface area contributed by atoms with E-state index in [-0.39, 0.29) is 11.5 Å². The minimum Gasteiger partial charge on any atom is -0.494 e. The summed E-state index contributed by atoms with van der Waals surface area (Å²) in [5.74, 6) is -0.302. The molecule has 9 heteroatoms. The molecule has 0 aliphatic heterocycles. The zero-order valence-corrected chi connectivity index (χ0v) is 19.2. The van der Waals surface area contributed by atoms with Gasteiger partial charge in [-0.25, -0.2) is 9.78 Å². The van der Waals surface area contributed by atoms with E-state index >= 15 is 0 Å². The number of ether oxygens (including phenoxy) is 2. The second kappa shape index (κ2) is 11.5. The van der Waals surface area contributed by atoms with E-state index in [0.717, 1.165) is 5.75 Å². The zero-order valence-electron chi connectivity index (χ0n) is 19.2. The first-order chi connectivity index (χ1) is 16.4. The number of amides is 2. The number of carbonyl (C=O) groups excluding carboxylic acids is 3. The van der Waals surface area contributed by atoms with Crippen molar-refractivity contribution in [2.24, 2.45) is 0 Å². The molecule has 0 saturated heterocycles. The van der Waals surface area contributed by atoms with E-state index in [0.29, 0.717) is 29.4 Å². The number of benzene rings is 2. The molecule has 0 spiro atoms. The molecule has 0 saturated carbocycles. The first kappa shape index (κ1) is 24.2. The fraction of sp³-hybridized carbons (Fsp3) is 0.200. The first-order valence-corrected chi connectivity index (χ1v) is 10.6. The third kappa shape index (κ3) is 6.55. The van der Waals surface area contributed by atoms with Crippen LogP contribution in [0.4, 0.5) is 17.2 Å². The lowest BCUT2D eigenvalue weighted by Crippen LogP contribution is -2.22. The average Bonchev–Trinajstić information content (AvgIpc) is 2.84. The zero-order chi connectivity index (χ0) is 24.5. The summed E-state index contributed by atoms with van der Waals surface area (Å²) in [6, 6.07) is 16.8. The Bertz CT molecular complexity index is 1140. The minimum absolute atomic E-state index is 0.141. The average molecular weight is 463 g/mol. The number of rotatable bonds is 9. The van der Waals surface area contributed by atoms with Crippen molar-refractivity contribution >= 4 is 35.0 Å². The van der Waals surface area contributed by atoms with Gasteiger partial charge in [-0.2, -0.15) is 0 Å². The van der Waals surface area contributed by atoms with Crippen molar-refractivity contribution in [1.82, 2.24) is 9.88 Å². The van der Waals surface area contributed by atoms with Crippen LogP contribution in [-0.2, 0) is 9.53 Å². The van der Waals surface area contributed by atoms with E-state index in [2.05, 4.69) is 15.6 Å². The predicted octanol–water partition coefficient (Wildman–Crippen LogP) is 3.72. The molecule has 0 unspecified atom stereocenters. The number of hydrogen-bond donors (Lipinski definition) is 2. The molecule has 2 amide bonds. The van der Waals surface area contributed by atoms with E-state index in [1.54, 1.807) is 81.0 Å². The fourth-order valence-corrected chi connectivity index (χ4v) is 2.97. The van der Waals surface area contributed by atoms with E-state index in [4.69, 9.17) is 9.47 Å². The summed E-state index contributed by atoms with van der Waals surface area (Å²) in [6.45, 7) is 2.00. The molecular formula is C25H26N4O5. The van der Waals surface area contributed by atoms with E-state index in [1.807, 2.05) is 6.92 Å². The SMILES string of the molecule is CCOc1ccc(Nc2ncccc2C(=O)OCC(=O)Nc2ccc(C(=O)N(C)C)cc2)cc1. The number of esters is 1. The van der Waals surface area contributed by atoms with Crippen LogP contribution in [0.25, 0.3) is 0 Å². The summed E-state index contributed by atoms with van der Waals surface area (Å²) in [6.07, 6.45) is 1.55. The molecule has 1 heterocycles. The molecule has 3 aromatic rings. The summed E-state index contributed by atoms with van der Waals surface area (Å²) in [5, 5.41) is 5.70. The van der Waals surface area contributed by atoms with Gasteiger partial charge in [0.05, 0.1) is 6.61 Å². The quantitative estimate of drug-likeness (QED) is 0.466. The molecule has 0 radical (unpaired) electrons. The van der Waals surface area contributed by atoms with Crippen LogP contribution in [0.1, 0.15) is 27.6 Å². The van der Waals surface area contributed by atoms with E-state index < -0.39 is 18.5 Å². The Morgan fingerprint density at radius 2 is 1.62 bits per heavy atom. The van der Waals surface area contributed by atoms with Crippen LogP contribution in [0, 0.1) is 0 Å². The Hall–Kier alpha value is -4.40. The van der Waals surface area contributed by atoms with Gasteiger partial charge in [-0.15, -0.1) is 0 Å². The molecule has 1 aromatic heterocycles. The second-order valence-electron chi connectivity index (χ2n) is 7.38. The van der Waals surface area contributed by atoms with Gasteiger partial charge in [0.15, 0.2) is 6.61 Å². The molecule has 0 aliphatic carbocycles. The highest BCUT2D eigenvalue weighted by Gasteiger charge is 2.16. The summed E-state index contributed by atoms with van der Waals surface area (Å²) in [7, 11) is 3.32. The molecule has 2 N–H and O–H groups in total. The molecule has 0 fully saturated rings. The predicted molar refractivity (Wildman–Crippen MR) is 129 cm³/mol. The maximum Gasteiger partial charge on any atom is 0.342 e. The fourth-order valence-electron chi connectivity index (χ4n) is 2.97. The Labute approximate surface area is 197 Å². The van der Waals surface area contributed by atoms with Crippen molar-refractivity contribution in [3.05, 3.63) is 78.0 Å². The molecular weight excluding hydrogens is 436 g/mol. The number of carbonyl (C=O) groups is 3. The Morgan fingerprint density at radius 1 is 0.941 bits per heavy atom. The maximum absolute atomic E-state index is 12.6. The Morgan fingerprint density at radius 3 is 2.26 bits per heavy atom. The molecule has 2 aromatic carbocycles. The van der Waals surface area contributed by atoms with Gasteiger partial charge in [0, 0.05) is 37.2 Å². The highest BCUT2D eigenvalue weighted by Crippen LogP contribution is 2.22. The van der Waals surface area contributed by atoms with Crippen molar-refractivity contribution in [3.63, 3.8) is 0 Å². The van der Waals surface area contributed by atoms with Crippen LogP contribution in [0.2, 0.25) is 0 Å². The largest absolute Gasteiger partial charge is 0.494 e. The number of aromatic nitrogens is 1. The molecule has 0 aliphatic rings. The first-order valence-electron chi connectivity index (χ1n) is 10.6. The van der Waals surface area contributed by atoms with Crippen molar-refractivity contribution in [1.29, 1.82) is 0 Å². The third-order valence-electron chi connectivity index (χ3n) is 4.61. The molecule has 3 rings (SSSR count). The van der Waals surface area contributed by atoms with Gasteiger partial charge in [0.2, 0.25) is 0 Å². The van der Waals surface area contributed by atoms with Crippen LogP contribution in [0.5, 0.6) is 5.75 Å². The number of nitrogens with zero attached hydrogens (tertiary/aromatic N) is 2. The lowest BCUT2D eigenvalue weighted by Gasteiger charge is -2.12. The second-order valence-corrected chi connectivity index (χ2v) is 7.38. The van der Waals surface area contributed by atoms with Crippen molar-refractivity contribution in [2.45, 2.75) is 6.92 Å². The van der Waals surface area contributed by atoms with Gasteiger partial charge in [0.1, 0.15) is 17.1 Å². The lowest BCUT2D eigenvalue weighted by atomic mass is 10.2.